The van der Waals surface area contributed by atoms with Gasteiger partial charge in [-0.05, 0) is 54.1 Å². The first-order valence-corrected chi connectivity index (χ1v) is 6.44. The molecule has 1 fully saturated rings. The molecule has 0 saturated carbocycles. The second-order valence-electron chi connectivity index (χ2n) is 4.55. The van der Waals surface area contributed by atoms with Gasteiger partial charge in [0.2, 0.25) is 0 Å². The molecular weight excluding hydrogens is 250 g/mol. The lowest BCUT2D eigenvalue weighted by Gasteiger charge is -2.08. The predicted molar refractivity (Wildman–Crippen MR) is 68.8 cm³/mol. The van der Waals surface area contributed by atoms with Gasteiger partial charge in [-0.25, -0.2) is 0 Å². The van der Waals surface area contributed by atoms with Crippen molar-refractivity contribution < 1.29 is 0 Å². The van der Waals surface area contributed by atoms with E-state index in [9.17, 15) is 0 Å². The molecule has 1 aliphatic rings. The lowest BCUT2D eigenvalue weighted by molar-refractivity contribution is 0.551. The fourth-order valence-electron chi connectivity index (χ4n) is 2.29. The predicted octanol–water partition coefficient (Wildman–Crippen LogP) is 1.47. The van der Waals surface area contributed by atoms with Crippen LogP contribution in [0.1, 0.15) is 12.2 Å². The van der Waals surface area contributed by atoms with Gasteiger partial charge in [0.25, 0.3) is 0 Å². The summed E-state index contributed by atoms with van der Waals surface area (Å²) in [4.78, 5) is 0. The molecule has 3 rings (SSSR count). The van der Waals surface area contributed by atoms with Crippen LogP contribution < -0.4 is 5.32 Å². The third-order valence-electron chi connectivity index (χ3n) is 3.22. The highest BCUT2D eigenvalue weighted by atomic mass is 35.5. The molecule has 0 bridgehead atoms. The molecule has 1 aromatic carbocycles. The fourth-order valence-corrected chi connectivity index (χ4v) is 2.47. The van der Waals surface area contributed by atoms with E-state index in [4.69, 9.17) is 11.6 Å². The normalized spacial score (nSPS) is 19.3. The number of benzene rings is 1. The van der Waals surface area contributed by atoms with E-state index in [0.717, 1.165) is 31.0 Å². The molecule has 6 heteroatoms. The smallest absolute Gasteiger partial charge is 0.157 e. The van der Waals surface area contributed by atoms with E-state index in [1.165, 1.54) is 6.42 Å². The minimum absolute atomic E-state index is 0.619. The van der Waals surface area contributed by atoms with Crippen molar-refractivity contribution in [3.8, 4) is 5.69 Å². The molecule has 5 nitrogen and oxygen atoms in total. The third-order valence-corrected chi connectivity index (χ3v) is 3.46. The van der Waals surface area contributed by atoms with Gasteiger partial charge in [-0.15, -0.1) is 5.10 Å². The van der Waals surface area contributed by atoms with Crippen molar-refractivity contribution in [1.82, 2.24) is 25.5 Å². The van der Waals surface area contributed by atoms with Crippen molar-refractivity contribution in [3.05, 3.63) is 35.1 Å². The first-order valence-electron chi connectivity index (χ1n) is 6.07. The van der Waals surface area contributed by atoms with Gasteiger partial charge < -0.3 is 5.32 Å². The summed E-state index contributed by atoms with van der Waals surface area (Å²) < 4.78 is 1.77. The van der Waals surface area contributed by atoms with Crippen molar-refractivity contribution in [2.75, 3.05) is 13.1 Å². The van der Waals surface area contributed by atoms with Crippen LogP contribution in [0.3, 0.4) is 0 Å². The lowest BCUT2D eigenvalue weighted by Crippen LogP contribution is -2.13. The SMILES string of the molecule is Clc1cccc(-n2nnnc2CC2CCNC2)c1. The number of hydrogen-bond acceptors (Lipinski definition) is 4. The molecule has 94 valence electrons. The third kappa shape index (κ3) is 2.37. The van der Waals surface area contributed by atoms with E-state index in [1.54, 1.807) is 4.68 Å². The summed E-state index contributed by atoms with van der Waals surface area (Å²) in [5, 5.41) is 16.0. The summed E-state index contributed by atoms with van der Waals surface area (Å²) in [6, 6.07) is 7.57. The number of halogens is 1. The standard InChI is InChI=1S/C12H14ClN5/c13-10-2-1-3-11(7-10)18-12(15-16-17-18)6-9-4-5-14-8-9/h1-3,7,9,14H,4-6,8H2. The molecule has 1 unspecified atom stereocenters. The minimum atomic E-state index is 0.619. The first kappa shape index (κ1) is 11.6. The molecule has 0 aliphatic carbocycles. The largest absolute Gasteiger partial charge is 0.316 e. The highest BCUT2D eigenvalue weighted by Crippen LogP contribution is 2.18. The van der Waals surface area contributed by atoms with Crippen LogP contribution in [0.2, 0.25) is 5.02 Å². The second-order valence-corrected chi connectivity index (χ2v) is 4.99. The quantitative estimate of drug-likeness (QED) is 0.911. The maximum Gasteiger partial charge on any atom is 0.157 e. The number of nitrogens with zero attached hydrogens (tertiary/aromatic N) is 4. The molecule has 2 heterocycles. The van der Waals surface area contributed by atoms with Crippen LogP contribution in [-0.2, 0) is 6.42 Å². The Labute approximate surface area is 110 Å². The van der Waals surface area contributed by atoms with Crippen molar-refractivity contribution >= 4 is 11.6 Å². The summed E-state index contributed by atoms with van der Waals surface area (Å²) in [5.41, 5.74) is 0.911. The van der Waals surface area contributed by atoms with Crippen molar-refractivity contribution in [2.24, 2.45) is 5.92 Å². The van der Waals surface area contributed by atoms with E-state index in [-0.39, 0.29) is 0 Å². The maximum atomic E-state index is 5.99. The van der Waals surface area contributed by atoms with Gasteiger partial charge >= 0.3 is 0 Å². The van der Waals surface area contributed by atoms with Crippen molar-refractivity contribution in [3.63, 3.8) is 0 Å². The van der Waals surface area contributed by atoms with Gasteiger partial charge in [0.15, 0.2) is 5.82 Å². The molecule has 0 radical (unpaired) electrons. The molecule has 2 aromatic rings. The molecular formula is C12H14ClN5. The average Bonchev–Trinajstić information content (AvgIpc) is 3.01. The van der Waals surface area contributed by atoms with Gasteiger partial charge in [0, 0.05) is 11.4 Å². The maximum absolute atomic E-state index is 5.99. The number of aromatic nitrogens is 4. The van der Waals surface area contributed by atoms with Gasteiger partial charge in [-0.3, -0.25) is 0 Å². The molecule has 1 N–H and O–H groups in total. The highest BCUT2D eigenvalue weighted by Gasteiger charge is 2.19. The zero-order chi connectivity index (χ0) is 12.4. The zero-order valence-electron chi connectivity index (χ0n) is 9.88. The molecule has 1 atom stereocenters. The summed E-state index contributed by atoms with van der Waals surface area (Å²) >= 11 is 5.99. The van der Waals surface area contributed by atoms with Crippen LogP contribution >= 0.6 is 11.6 Å². The Morgan fingerprint density at radius 3 is 3.17 bits per heavy atom. The van der Waals surface area contributed by atoms with Gasteiger partial charge in [-0.1, -0.05) is 17.7 Å². The van der Waals surface area contributed by atoms with Gasteiger partial charge in [-0.2, -0.15) is 4.68 Å². The highest BCUT2D eigenvalue weighted by molar-refractivity contribution is 6.30. The van der Waals surface area contributed by atoms with Gasteiger partial charge in [0.1, 0.15) is 0 Å². The fraction of sp³-hybridized carbons (Fsp3) is 0.417. The molecule has 1 aromatic heterocycles. The van der Waals surface area contributed by atoms with Crippen LogP contribution in [0.4, 0.5) is 0 Å². The number of rotatable bonds is 3. The van der Waals surface area contributed by atoms with E-state index in [2.05, 4.69) is 20.8 Å². The Morgan fingerprint density at radius 1 is 1.44 bits per heavy atom. The Kier molecular flexibility index (Phi) is 3.25. The second kappa shape index (κ2) is 5.04. The Hall–Kier alpha value is -1.46. The van der Waals surface area contributed by atoms with E-state index < -0.39 is 0 Å². The minimum Gasteiger partial charge on any atom is -0.316 e. The van der Waals surface area contributed by atoms with E-state index >= 15 is 0 Å². The first-order chi connectivity index (χ1) is 8.83. The zero-order valence-corrected chi connectivity index (χ0v) is 10.6. The Bertz CT molecular complexity index is 533. The van der Waals surface area contributed by atoms with Crippen LogP contribution in [0.5, 0.6) is 0 Å². The Balaban J connectivity index is 1.86. The average molecular weight is 264 g/mol. The van der Waals surface area contributed by atoms with Crippen LogP contribution in [0, 0.1) is 5.92 Å². The topological polar surface area (TPSA) is 55.6 Å². The number of hydrogen-bond donors (Lipinski definition) is 1. The van der Waals surface area contributed by atoms with E-state index in [1.807, 2.05) is 24.3 Å². The summed E-state index contributed by atoms with van der Waals surface area (Å²) in [6.07, 6.45) is 2.08. The molecule has 0 amide bonds. The summed E-state index contributed by atoms with van der Waals surface area (Å²) in [5.74, 6) is 1.51. The van der Waals surface area contributed by atoms with Crippen molar-refractivity contribution in [2.45, 2.75) is 12.8 Å². The van der Waals surface area contributed by atoms with E-state index in [0.29, 0.717) is 10.9 Å². The van der Waals surface area contributed by atoms with Crippen LogP contribution in [-0.4, -0.2) is 33.3 Å². The van der Waals surface area contributed by atoms with Crippen LogP contribution in [0.25, 0.3) is 5.69 Å². The molecule has 18 heavy (non-hydrogen) atoms. The Morgan fingerprint density at radius 2 is 2.39 bits per heavy atom. The van der Waals surface area contributed by atoms with Crippen molar-refractivity contribution in [1.29, 1.82) is 0 Å². The molecule has 0 spiro atoms. The molecule has 1 saturated heterocycles. The summed E-state index contributed by atoms with van der Waals surface area (Å²) in [7, 11) is 0. The number of tetrazole rings is 1. The number of nitrogens with one attached hydrogen (secondary N) is 1. The monoisotopic (exact) mass is 263 g/mol. The lowest BCUT2D eigenvalue weighted by atomic mass is 10.0. The van der Waals surface area contributed by atoms with Gasteiger partial charge in [0.05, 0.1) is 5.69 Å². The summed E-state index contributed by atoms with van der Waals surface area (Å²) in [6.45, 7) is 2.13. The molecule has 1 aliphatic heterocycles. The van der Waals surface area contributed by atoms with Crippen LogP contribution in [0.15, 0.2) is 24.3 Å².